The maximum atomic E-state index is 6.21. The van der Waals surface area contributed by atoms with Crippen LogP contribution in [0.15, 0.2) is 34.9 Å². The van der Waals surface area contributed by atoms with Crippen molar-refractivity contribution in [1.82, 2.24) is 5.32 Å². The molecule has 21 heavy (non-hydrogen) atoms. The summed E-state index contributed by atoms with van der Waals surface area (Å²) in [4.78, 5) is 0. The largest absolute Gasteiger partial charge is 0.492 e. The van der Waals surface area contributed by atoms with Gasteiger partial charge in [-0.15, -0.1) is 0 Å². The fourth-order valence-corrected chi connectivity index (χ4v) is 3.30. The minimum atomic E-state index is 0.190. The van der Waals surface area contributed by atoms with E-state index in [1.807, 2.05) is 18.2 Å². The van der Waals surface area contributed by atoms with Gasteiger partial charge in [0.25, 0.3) is 0 Å². The first-order valence-electron chi connectivity index (χ1n) is 7.03. The van der Waals surface area contributed by atoms with E-state index < -0.39 is 0 Å². The molecule has 0 fully saturated rings. The number of fused-ring (bicyclic) bond motifs is 1. The Bertz CT molecular complexity index is 613. The van der Waals surface area contributed by atoms with Gasteiger partial charge in [-0.05, 0) is 31.2 Å². The molecule has 0 saturated carbocycles. The minimum absolute atomic E-state index is 0.190. The van der Waals surface area contributed by atoms with Crippen molar-refractivity contribution < 1.29 is 9.15 Å². The summed E-state index contributed by atoms with van der Waals surface area (Å²) in [5, 5.41) is 4.82. The zero-order chi connectivity index (χ0) is 14.8. The molecule has 3 nitrogen and oxygen atoms in total. The summed E-state index contributed by atoms with van der Waals surface area (Å²) < 4.78 is 11.1. The van der Waals surface area contributed by atoms with Crippen LogP contribution in [-0.4, -0.2) is 12.6 Å². The standard InChI is InChI=1S/C16H17Cl2NO2/c1-10(7-12-3-2-5-20-12)19-15-4-6-21-16-13(15)8-11(17)9-14(16)18/h2-3,5,8-10,15,19H,4,6-7H2,1H3. The molecule has 0 spiro atoms. The van der Waals surface area contributed by atoms with Gasteiger partial charge in [0, 0.05) is 35.5 Å². The maximum Gasteiger partial charge on any atom is 0.142 e. The zero-order valence-corrected chi connectivity index (χ0v) is 13.2. The molecule has 5 heteroatoms. The predicted octanol–water partition coefficient (Wildman–Crippen LogP) is 4.63. The smallest absolute Gasteiger partial charge is 0.142 e. The van der Waals surface area contributed by atoms with Gasteiger partial charge in [-0.25, -0.2) is 0 Å². The van der Waals surface area contributed by atoms with E-state index in [1.165, 1.54) is 0 Å². The molecule has 0 radical (unpaired) electrons. The highest BCUT2D eigenvalue weighted by Crippen LogP contribution is 2.40. The van der Waals surface area contributed by atoms with E-state index >= 15 is 0 Å². The van der Waals surface area contributed by atoms with E-state index in [0.29, 0.717) is 16.7 Å². The van der Waals surface area contributed by atoms with E-state index in [0.717, 1.165) is 29.9 Å². The van der Waals surface area contributed by atoms with Crippen molar-refractivity contribution >= 4 is 23.2 Å². The van der Waals surface area contributed by atoms with Crippen molar-refractivity contribution in [2.75, 3.05) is 6.61 Å². The van der Waals surface area contributed by atoms with E-state index in [1.54, 1.807) is 12.3 Å². The first kappa shape index (κ1) is 14.8. The Labute approximate surface area is 134 Å². The van der Waals surface area contributed by atoms with Gasteiger partial charge in [0.2, 0.25) is 0 Å². The molecule has 2 unspecified atom stereocenters. The number of nitrogens with one attached hydrogen (secondary N) is 1. The van der Waals surface area contributed by atoms with Crippen LogP contribution in [0.2, 0.25) is 10.0 Å². The average molecular weight is 326 g/mol. The van der Waals surface area contributed by atoms with E-state index in [-0.39, 0.29) is 12.1 Å². The average Bonchev–Trinajstić information content (AvgIpc) is 2.92. The zero-order valence-electron chi connectivity index (χ0n) is 11.7. The first-order chi connectivity index (χ1) is 10.1. The number of benzene rings is 1. The molecule has 0 bridgehead atoms. The summed E-state index contributed by atoms with van der Waals surface area (Å²) in [7, 11) is 0. The lowest BCUT2D eigenvalue weighted by atomic mass is 9.99. The van der Waals surface area contributed by atoms with Crippen LogP contribution < -0.4 is 10.1 Å². The molecule has 3 rings (SSSR count). The molecule has 0 aliphatic carbocycles. The van der Waals surface area contributed by atoms with Gasteiger partial charge in [0.1, 0.15) is 11.5 Å². The van der Waals surface area contributed by atoms with E-state index in [4.69, 9.17) is 32.4 Å². The second-order valence-electron chi connectivity index (χ2n) is 5.35. The molecule has 1 aliphatic heterocycles. The predicted molar refractivity (Wildman–Crippen MR) is 84.3 cm³/mol. The highest BCUT2D eigenvalue weighted by Gasteiger charge is 2.25. The molecule has 2 atom stereocenters. The van der Waals surface area contributed by atoms with Crippen LogP contribution in [0.1, 0.15) is 30.7 Å². The number of hydrogen-bond donors (Lipinski definition) is 1. The second kappa shape index (κ2) is 6.30. The van der Waals surface area contributed by atoms with Crippen molar-refractivity contribution in [2.45, 2.75) is 31.8 Å². The number of rotatable bonds is 4. The second-order valence-corrected chi connectivity index (χ2v) is 6.19. The molecule has 0 saturated heterocycles. The highest BCUT2D eigenvalue weighted by molar-refractivity contribution is 6.35. The van der Waals surface area contributed by atoms with Crippen LogP contribution in [0, 0.1) is 0 Å². The van der Waals surface area contributed by atoms with Gasteiger partial charge < -0.3 is 14.5 Å². The summed E-state index contributed by atoms with van der Waals surface area (Å²) >= 11 is 12.3. The lowest BCUT2D eigenvalue weighted by Gasteiger charge is -2.30. The number of furan rings is 1. The Kier molecular flexibility index (Phi) is 4.43. The Morgan fingerprint density at radius 3 is 3.00 bits per heavy atom. The molecule has 2 aromatic rings. The summed E-state index contributed by atoms with van der Waals surface area (Å²) in [6, 6.07) is 8.02. The fourth-order valence-electron chi connectivity index (χ4n) is 2.73. The minimum Gasteiger partial charge on any atom is -0.492 e. The van der Waals surface area contributed by atoms with Crippen LogP contribution in [0.3, 0.4) is 0 Å². The fraction of sp³-hybridized carbons (Fsp3) is 0.375. The van der Waals surface area contributed by atoms with Crippen molar-refractivity contribution in [3.05, 3.63) is 51.9 Å². The Morgan fingerprint density at radius 2 is 2.24 bits per heavy atom. The Hall–Kier alpha value is -1.16. The Morgan fingerprint density at radius 1 is 1.38 bits per heavy atom. The molecule has 1 N–H and O–H groups in total. The summed E-state index contributed by atoms with van der Waals surface area (Å²) in [6.07, 6.45) is 3.44. The maximum absolute atomic E-state index is 6.21. The van der Waals surface area contributed by atoms with Gasteiger partial charge in [-0.2, -0.15) is 0 Å². The summed E-state index contributed by atoms with van der Waals surface area (Å²) in [5.74, 6) is 1.72. The van der Waals surface area contributed by atoms with Crippen molar-refractivity contribution in [1.29, 1.82) is 0 Å². The number of hydrogen-bond acceptors (Lipinski definition) is 3. The van der Waals surface area contributed by atoms with E-state index in [9.17, 15) is 0 Å². The van der Waals surface area contributed by atoms with Crippen LogP contribution >= 0.6 is 23.2 Å². The summed E-state index contributed by atoms with van der Waals surface area (Å²) in [5.41, 5.74) is 1.03. The van der Waals surface area contributed by atoms with Gasteiger partial charge in [-0.1, -0.05) is 23.2 Å². The third-order valence-electron chi connectivity index (χ3n) is 3.64. The number of halogens is 2. The third kappa shape index (κ3) is 3.37. The molecule has 0 amide bonds. The molecule has 2 heterocycles. The Balaban J connectivity index is 1.75. The molecule has 1 aliphatic rings. The van der Waals surface area contributed by atoms with Crippen LogP contribution in [-0.2, 0) is 6.42 Å². The monoisotopic (exact) mass is 325 g/mol. The van der Waals surface area contributed by atoms with Gasteiger partial charge in [0.15, 0.2) is 0 Å². The normalized spacial score (nSPS) is 18.9. The summed E-state index contributed by atoms with van der Waals surface area (Å²) in [6.45, 7) is 2.79. The van der Waals surface area contributed by atoms with E-state index in [2.05, 4.69) is 12.2 Å². The van der Waals surface area contributed by atoms with Crippen molar-refractivity contribution in [3.63, 3.8) is 0 Å². The quantitative estimate of drug-likeness (QED) is 0.889. The van der Waals surface area contributed by atoms with Crippen LogP contribution in [0.25, 0.3) is 0 Å². The molecular formula is C16H17Cl2NO2. The third-order valence-corrected chi connectivity index (χ3v) is 4.14. The number of ether oxygens (including phenoxy) is 1. The molecule has 112 valence electrons. The van der Waals surface area contributed by atoms with Crippen molar-refractivity contribution in [3.8, 4) is 5.75 Å². The SMILES string of the molecule is CC(Cc1ccco1)NC1CCOc2c(Cl)cc(Cl)cc21. The first-order valence-corrected chi connectivity index (χ1v) is 7.79. The van der Waals surface area contributed by atoms with Gasteiger partial charge in [-0.3, -0.25) is 0 Å². The lowest BCUT2D eigenvalue weighted by Crippen LogP contribution is -2.35. The van der Waals surface area contributed by atoms with Crippen LogP contribution in [0.5, 0.6) is 5.75 Å². The van der Waals surface area contributed by atoms with Gasteiger partial charge in [0.05, 0.1) is 17.9 Å². The lowest BCUT2D eigenvalue weighted by molar-refractivity contribution is 0.244. The molecular weight excluding hydrogens is 309 g/mol. The molecule has 1 aromatic carbocycles. The highest BCUT2D eigenvalue weighted by atomic mass is 35.5. The van der Waals surface area contributed by atoms with Crippen LogP contribution in [0.4, 0.5) is 0 Å². The molecule has 1 aromatic heterocycles. The topological polar surface area (TPSA) is 34.4 Å². The van der Waals surface area contributed by atoms with Gasteiger partial charge >= 0.3 is 0 Å². The van der Waals surface area contributed by atoms with Crippen molar-refractivity contribution in [2.24, 2.45) is 0 Å².